The third-order valence-electron chi connectivity index (χ3n) is 4.32. The molecule has 0 bridgehead atoms. The van der Waals surface area contributed by atoms with Gasteiger partial charge in [-0.1, -0.05) is 48.5 Å². The van der Waals surface area contributed by atoms with Crippen molar-refractivity contribution >= 4 is 53.9 Å². The number of hydrogen-bond acceptors (Lipinski definition) is 5. The van der Waals surface area contributed by atoms with Crippen LogP contribution in [0.4, 0.5) is 5.69 Å². The maximum absolute atomic E-state index is 13.1. The second-order valence-corrected chi connectivity index (χ2v) is 8.87. The Balaban J connectivity index is 1.81. The minimum Gasteiger partial charge on any atom is -0.462 e. The Morgan fingerprint density at radius 3 is 2.50 bits per heavy atom. The van der Waals surface area contributed by atoms with Gasteiger partial charge in [-0.25, -0.2) is 13.2 Å². The molecule has 0 unspecified atom stereocenters. The first-order valence-electron chi connectivity index (χ1n) is 8.70. The Morgan fingerprint density at radius 2 is 1.71 bits per heavy atom. The van der Waals surface area contributed by atoms with Crippen LogP contribution in [-0.4, -0.2) is 21.0 Å². The van der Waals surface area contributed by atoms with Crippen molar-refractivity contribution in [3.8, 4) is 0 Å². The fourth-order valence-corrected chi connectivity index (χ4v) is 5.26. The van der Waals surface area contributed by atoms with Gasteiger partial charge in [0.2, 0.25) is 0 Å². The molecule has 0 aliphatic carbocycles. The molecule has 142 valence electrons. The topological polar surface area (TPSA) is 72.5 Å². The van der Waals surface area contributed by atoms with E-state index in [0.717, 1.165) is 15.5 Å². The van der Waals surface area contributed by atoms with Gasteiger partial charge in [-0.05, 0) is 35.9 Å². The minimum atomic E-state index is -3.89. The quantitative estimate of drug-likeness (QED) is 0.468. The van der Waals surface area contributed by atoms with Crippen LogP contribution in [0.15, 0.2) is 71.6 Å². The van der Waals surface area contributed by atoms with Crippen molar-refractivity contribution < 1.29 is 17.9 Å². The van der Waals surface area contributed by atoms with Gasteiger partial charge in [0.25, 0.3) is 10.0 Å². The number of benzene rings is 3. The summed E-state index contributed by atoms with van der Waals surface area (Å²) in [6.45, 7) is 1.92. The number of hydrogen-bond donors (Lipinski definition) is 1. The number of ether oxygens (including phenoxy) is 1. The van der Waals surface area contributed by atoms with Gasteiger partial charge in [-0.2, -0.15) is 0 Å². The number of rotatable bonds is 5. The number of thiophene rings is 1. The highest BCUT2D eigenvalue weighted by atomic mass is 32.2. The fraction of sp³-hybridized carbons (Fsp3) is 0.0952. The molecule has 1 N–H and O–H groups in total. The second kappa shape index (κ2) is 7.26. The van der Waals surface area contributed by atoms with Crippen LogP contribution in [0.5, 0.6) is 0 Å². The zero-order valence-corrected chi connectivity index (χ0v) is 16.6. The van der Waals surface area contributed by atoms with Crippen molar-refractivity contribution in [3.05, 3.63) is 71.6 Å². The SMILES string of the molecule is CCOC(=O)c1sc2ccccc2c1NS(=O)(=O)c1ccc2ccccc2c1. The number of carbonyl (C=O) groups is 1. The van der Waals surface area contributed by atoms with E-state index < -0.39 is 16.0 Å². The molecule has 0 spiro atoms. The van der Waals surface area contributed by atoms with E-state index in [-0.39, 0.29) is 22.1 Å². The first kappa shape index (κ1) is 18.5. The number of anilines is 1. The smallest absolute Gasteiger partial charge is 0.350 e. The highest BCUT2D eigenvalue weighted by molar-refractivity contribution is 7.92. The summed E-state index contributed by atoms with van der Waals surface area (Å²) in [6, 6.07) is 19.8. The molecule has 0 saturated carbocycles. The molecule has 0 radical (unpaired) electrons. The molecule has 28 heavy (non-hydrogen) atoms. The molecule has 1 heterocycles. The summed E-state index contributed by atoms with van der Waals surface area (Å²) >= 11 is 1.21. The molecule has 0 saturated heterocycles. The van der Waals surface area contributed by atoms with Crippen molar-refractivity contribution in [1.82, 2.24) is 0 Å². The number of sulfonamides is 1. The van der Waals surface area contributed by atoms with E-state index in [9.17, 15) is 13.2 Å². The number of carbonyl (C=O) groups excluding carboxylic acids is 1. The maximum Gasteiger partial charge on any atom is 0.350 e. The minimum absolute atomic E-state index is 0.135. The summed E-state index contributed by atoms with van der Waals surface area (Å²) in [6.07, 6.45) is 0. The first-order chi connectivity index (χ1) is 13.5. The molecule has 0 atom stereocenters. The Bertz CT molecular complexity index is 1290. The highest BCUT2D eigenvalue weighted by Gasteiger charge is 2.24. The van der Waals surface area contributed by atoms with Crippen LogP contribution in [0.2, 0.25) is 0 Å². The van der Waals surface area contributed by atoms with Crippen LogP contribution in [0.25, 0.3) is 20.9 Å². The monoisotopic (exact) mass is 411 g/mol. The van der Waals surface area contributed by atoms with Gasteiger partial charge in [0.15, 0.2) is 0 Å². The lowest BCUT2D eigenvalue weighted by atomic mass is 10.1. The molecule has 1 aromatic heterocycles. The summed E-state index contributed by atoms with van der Waals surface area (Å²) in [5.41, 5.74) is 0.257. The van der Waals surface area contributed by atoms with Gasteiger partial charge in [0.05, 0.1) is 17.2 Å². The average molecular weight is 412 g/mol. The first-order valence-corrected chi connectivity index (χ1v) is 11.0. The Hall–Kier alpha value is -2.90. The molecule has 4 rings (SSSR count). The van der Waals surface area contributed by atoms with E-state index in [1.807, 2.05) is 36.4 Å². The molecular weight excluding hydrogens is 394 g/mol. The Labute approximate surface area is 166 Å². The van der Waals surface area contributed by atoms with Gasteiger partial charge in [-0.3, -0.25) is 4.72 Å². The molecule has 7 heteroatoms. The Kier molecular flexibility index (Phi) is 4.78. The highest BCUT2D eigenvalue weighted by Crippen LogP contribution is 2.37. The van der Waals surface area contributed by atoms with Crippen LogP contribution in [0, 0.1) is 0 Å². The predicted octanol–water partition coefficient (Wildman–Crippen LogP) is 5.03. The van der Waals surface area contributed by atoms with E-state index in [4.69, 9.17) is 4.74 Å². The van der Waals surface area contributed by atoms with E-state index >= 15 is 0 Å². The maximum atomic E-state index is 13.1. The van der Waals surface area contributed by atoms with Crippen LogP contribution in [0.1, 0.15) is 16.6 Å². The lowest BCUT2D eigenvalue weighted by Gasteiger charge is -2.10. The molecule has 0 amide bonds. The zero-order valence-electron chi connectivity index (χ0n) is 15.0. The fourth-order valence-electron chi connectivity index (χ4n) is 3.02. The van der Waals surface area contributed by atoms with Crippen molar-refractivity contribution in [2.75, 3.05) is 11.3 Å². The van der Waals surface area contributed by atoms with Gasteiger partial charge >= 0.3 is 5.97 Å². The van der Waals surface area contributed by atoms with Crippen LogP contribution < -0.4 is 4.72 Å². The van der Waals surface area contributed by atoms with Crippen LogP contribution in [0.3, 0.4) is 0 Å². The molecule has 0 aliphatic heterocycles. The van der Waals surface area contributed by atoms with Crippen LogP contribution in [-0.2, 0) is 14.8 Å². The summed E-state index contributed by atoms with van der Waals surface area (Å²) < 4.78 is 34.7. The number of esters is 1. The van der Waals surface area contributed by atoms with Crippen molar-refractivity contribution in [1.29, 1.82) is 0 Å². The molecule has 0 aliphatic rings. The van der Waals surface area contributed by atoms with Gasteiger partial charge in [-0.15, -0.1) is 11.3 Å². The molecule has 4 aromatic rings. The summed E-state index contributed by atoms with van der Waals surface area (Å²) in [5.74, 6) is -0.542. The second-order valence-electron chi connectivity index (χ2n) is 6.14. The summed E-state index contributed by atoms with van der Waals surface area (Å²) in [4.78, 5) is 12.8. The number of nitrogens with one attached hydrogen (secondary N) is 1. The molecule has 5 nitrogen and oxygen atoms in total. The van der Waals surface area contributed by atoms with Crippen molar-refractivity contribution in [2.24, 2.45) is 0 Å². The number of fused-ring (bicyclic) bond motifs is 2. The van der Waals surface area contributed by atoms with Crippen molar-refractivity contribution in [3.63, 3.8) is 0 Å². The Morgan fingerprint density at radius 1 is 1.00 bits per heavy atom. The van der Waals surface area contributed by atoms with E-state index in [2.05, 4.69) is 4.72 Å². The molecular formula is C21H17NO4S2. The lowest BCUT2D eigenvalue weighted by Crippen LogP contribution is -2.15. The third-order valence-corrected chi connectivity index (χ3v) is 6.82. The summed E-state index contributed by atoms with van der Waals surface area (Å²) in [5, 5.41) is 2.45. The summed E-state index contributed by atoms with van der Waals surface area (Å²) in [7, 11) is -3.89. The normalized spacial score (nSPS) is 11.6. The largest absolute Gasteiger partial charge is 0.462 e. The standard InChI is InChI=1S/C21H17NO4S2/c1-2-26-21(23)20-19(17-9-5-6-10-18(17)27-20)22-28(24,25)16-12-11-14-7-3-4-8-15(14)13-16/h3-13,22H,2H2,1H3. The van der Waals surface area contributed by atoms with Gasteiger partial charge in [0.1, 0.15) is 4.88 Å². The lowest BCUT2D eigenvalue weighted by molar-refractivity contribution is 0.0533. The predicted molar refractivity (Wildman–Crippen MR) is 113 cm³/mol. The molecule has 0 fully saturated rings. The van der Waals surface area contributed by atoms with E-state index in [0.29, 0.717) is 5.39 Å². The van der Waals surface area contributed by atoms with Crippen LogP contribution >= 0.6 is 11.3 Å². The average Bonchev–Trinajstić information content (AvgIpc) is 3.06. The third kappa shape index (κ3) is 3.34. The van der Waals surface area contributed by atoms with E-state index in [1.165, 1.54) is 11.3 Å². The molecule has 3 aromatic carbocycles. The van der Waals surface area contributed by atoms with E-state index in [1.54, 1.807) is 37.3 Å². The zero-order chi connectivity index (χ0) is 19.7. The van der Waals surface area contributed by atoms with Gasteiger partial charge in [0, 0.05) is 10.1 Å². The van der Waals surface area contributed by atoms with Gasteiger partial charge < -0.3 is 4.74 Å². The van der Waals surface area contributed by atoms with Crippen molar-refractivity contribution in [2.45, 2.75) is 11.8 Å².